The molecule has 6 nitrogen and oxygen atoms in total. The Morgan fingerprint density at radius 3 is 2.65 bits per heavy atom. The van der Waals surface area contributed by atoms with Crippen LogP contribution in [0.25, 0.3) is 0 Å². The number of guanidine groups is 1. The maximum atomic E-state index is 5.54. The Bertz CT molecular complexity index is 659. The molecule has 1 N–H and O–H groups in total. The third-order valence-corrected chi connectivity index (χ3v) is 7.88. The van der Waals surface area contributed by atoms with Crippen molar-refractivity contribution >= 4 is 41.3 Å². The van der Waals surface area contributed by atoms with Crippen LogP contribution in [0.4, 0.5) is 0 Å². The summed E-state index contributed by atoms with van der Waals surface area (Å²) in [4.78, 5) is 14.4. The molecule has 0 aliphatic carbocycles. The van der Waals surface area contributed by atoms with E-state index in [9.17, 15) is 0 Å². The number of hydrogen-bond acceptors (Lipinski definition) is 5. The van der Waals surface area contributed by atoms with Crippen molar-refractivity contribution in [3.63, 3.8) is 0 Å². The zero-order chi connectivity index (χ0) is 20.8. The molecular formula is C23H40IN5OS. The van der Waals surface area contributed by atoms with Crippen molar-refractivity contribution in [1.82, 2.24) is 20.0 Å². The van der Waals surface area contributed by atoms with E-state index in [4.69, 9.17) is 9.73 Å². The monoisotopic (exact) mass is 561 g/mol. The fourth-order valence-electron chi connectivity index (χ4n) is 4.98. The predicted molar refractivity (Wildman–Crippen MR) is 141 cm³/mol. The molecule has 3 aliphatic rings. The van der Waals surface area contributed by atoms with Gasteiger partial charge in [-0.3, -0.25) is 14.8 Å². The lowest BCUT2D eigenvalue weighted by atomic mass is 9.97. The zero-order valence-electron chi connectivity index (χ0n) is 19.2. The number of rotatable bonds is 6. The summed E-state index contributed by atoms with van der Waals surface area (Å²) in [6.07, 6.45) is 3.83. The van der Waals surface area contributed by atoms with E-state index in [0.29, 0.717) is 12.1 Å². The Kier molecular flexibility index (Phi) is 10.3. The highest BCUT2D eigenvalue weighted by atomic mass is 127. The third kappa shape index (κ3) is 6.79. The van der Waals surface area contributed by atoms with Gasteiger partial charge in [-0.15, -0.1) is 35.3 Å². The molecule has 1 aromatic rings. The van der Waals surface area contributed by atoms with Gasteiger partial charge in [-0.1, -0.05) is 13.0 Å². The Balaban J connectivity index is 0.00000272. The van der Waals surface area contributed by atoms with Crippen LogP contribution in [-0.4, -0.2) is 92.3 Å². The SMILES string of the molecule is CCNC(=NCC(c1cccs1)N1CCC(C)CC1)N1CCC(N2CCOCC2)C1.I. The van der Waals surface area contributed by atoms with Gasteiger partial charge in [-0.2, -0.15) is 0 Å². The second-order valence-electron chi connectivity index (χ2n) is 8.98. The molecule has 0 spiro atoms. The van der Waals surface area contributed by atoms with Crippen LogP contribution >= 0.6 is 35.3 Å². The van der Waals surface area contributed by atoms with E-state index in [1.807, 2.05) is 11.3 Å². The van der Waals surface area contributed by atoms with Gasteiger partial charge in [0.1, 0.15) is 0 Å². The van der Waals surface area contributed by atoms with Crippen LogP contribution in [0.3, 0.4) is 0 Å². The lowest BCUT2D eigenvalue weighted by Gasteiger charge is -2.36. The van der Waals surface area contributed by atoms with Crippen molar-refractivity contribution in [2.45, 2.75) is 45.2 Å². The number of halogens is 1. The molecule has 0 amide bonds. The average molecular weight is 562 g/mol. The van der Waals surface area contributed by atoms with Crippen molar-refractivity contribution < 1.29 is 4.74 Å². The summed E-state index contributed by atoms with van der Waals surface area (Å²) in [5.74, 6) is 1.95. The highest BCUT2D eigenvalue weighted by Gasteiger charge is 2.31. The van der Waals surface area contributed by atoms with Crippen LogP contribution in [0, 0.1) is 5.92 Å². The second kappa shape index (κ2) is 12.7. The molecule has 3 fully saturated rings. The van der Waals surface area contributed by atoms with Gasteiger partial charge < -0.3 is 15.0 Å². The number of morpholine rings is 1. The minimum absolute atomic E-state index is 0. The molecule has 2 unspecified atom stereocenters. The second-order valence-corrected chi connectivity index (χ2v) is 9.96. The standard InChI is InChI=1S/C23H39N5OS.HI/c1-3-24-23(28-11-8-20(18-28)26-12-14-29-15-13-26)25-17-21(22-5-4-16-30-22)27-9-6-19(2)7-10-27;/h4-5,16,19-21H,3,6-15,17-18H2,1-2H3,(H,24,25);1H. The smallest absolute Gasteiger partial charge is 0.194 e. The summed E-state index contributed by atoms with van der Waals surface area (Å²) in [5, 5.41) is 5.78. The lowest BCUT2D eigenvalue weighted by molar-refractivity contribution is 0.0195. The maximum Gasteiger partial charge on any atom is 0.194 e. The molecule has 176 valence electrons. The van der Waals surface area contributed by atoms with Crippen molar-refractivity contribution in [3.8, 4) is 0 Å². The summed E-state index contributed by atoms with van der Waals surface area (Å²) in [6, 6.07) is 5.51. The molecule has 4 heterocycles. The summed E-state index contributed by atoms with van der Waals surface area (Å²) in [6.45, 7) is 14.8. The first-order valence-corrected chi connectivity index (χ1v) is 12.7. The first-order chi connectivity index (χ1) is 14.7. The number of nitrogens with one attached hydrogen (secondary N) is 1. The number of nitrogens with zero attached hydrogens (tertiary/aromatic N) is 4. The van der Waals surface area contributed by atoms with E-state index < -0.39 is 0 Å². The van der Waals surface area contributed by atoms with Gasteiger partial charge in [0.2, 0.25) is 0 Å². The van der Waals surface area contributed by atoms with E-state index in [1.165, 1.54) is 37.2 Å². The van der Waals surface area contributed by atoms with Crippen molar-refractivity contribution in [3.05, 3.63) is 22.4 Å². The summed E-state index contributed by atoms with van der Waals surface area (Å²) in [5.41, 5.74) is 0. The highest BCUT2D eigenvalue weighted by molar-refractivity contribution is 14.0. The molecule has 0 radical (unpaired) electrons. The molecule has 0 aromatic carbocycles. The van der Waals surface area contributed by atoms with Gasteiger partial charge in [0.05, 0.1) is 25.8 Å². The number of hydrogen-bond donors (Lipinski definition) is 1. The van der Waals surface area contributed by atoms with Crippen molar-refractivity contribution in [2.75, 3.05) is 65.6 Å². The third-order valence-electron chi connectivity index (χ3n) is 6.90. The van der Waals surface area contributed by atoms with Gasteiger partial charge in [-0.25, -0.2) is 0 Å². The van der Waals surface area contributed by atoms with Crippen molar-refractivity contribution in [1.29, 1.82) is 0 Å². The Hall–Kier alpha value is -0.420. The van der Waals surface area contributed by atoms with Gasteiger partial charge in [0.25, 0.3) is 0 Å². The van der Waals surface area contributed by atoms with Gasteiger partial charge in [-0.05, 0) is 56.6 Å². The molecule has 4 rings (SSSR count). The summed E-state index contributed by atoms with van der Waals surface area (Å²) >= 11 is 1.88. The maximum absolute atomic E-state index is 5.54. The van der Waals surface area contributed by atoms with E-state index in [1.54, 1.807) is 0 Å². The Morgan fingerprint density at radius 2 is 1.97 bits per heavy atom. The van der Waals surface area contributed by atoms with Crippen LogP contribution in [-0.2, 0) is 4.74 Å². The van der Waals surface area contributed by atoms with Gasteiger partial charge in [0.15, 0.2) is 5.96 Å². The molecule has 0 bridgehead atoms. The fraction of sp³-hybridized carbons (Fsp3) is 0.783. The quantitative estimate of drug-likeness (QED) is 0.327. The first kappa shape index (κ1) is 25.2. The molecule has 1 aromatic heterocycles. The molecule has 3 saturated heterocycles. The normalized spacial score (nSPS) is 25.4. The number of ether oxygens (including phenoxy) is 1. The fourth-order valence-corrected chi connectivity index (χ4v) is 5.83. The Labute approximate surface area is 209 Å². The number of aliphatic imine (C=N–C) groups is 1. The van der Waals surface area contributed by atoms with E-state index >= 15 is 0 Å². The molecule has 31 heavy (non-hydrogen) atoms. The largest absolute Gasteiger partial charge is 0.379 e. The summed E-state index contributed by atoms with van der Waals surface area (Å²) in [7, 11) is 0. The van der Waals surface area contributed by atoms with Gasteiger partial charge in [0, 0.05) is 43.6 Å². The molecule has 2 atom stereocenters. The van der Waals surface area contributed by atoms with Crippen LogP contribution in [0.2, 0.25) is 0 Å². The van der Waals surface area contributed by atoms with Crippen LogP contribution in [0.5, 0.6) is 0 Å². The van der Waals surface area contributed by atoms with E-state index in [0.717, 1.165) is 64.4 Å². The van der Waals surface area contributed by atoms with Crippen LogP contribution < -0.4 is 5.32 Å². The highest BCUT2D eigenvalue weighted by Crippen LogP contribution is 2.30. The minimum Gasteiger partial charge on any atom is -0.379 e. The zero-order valence-corrected chi connectivity index (χ0v) is 22.3. The molecular weight excluding hydrogens is 521 g/mol. The topological polar surface area (TPSA) is 43.3 Å². The van der Waals surface area contributed by atoms with Crippen LogP contribution in [0.1, 0.15) is 44.0 Å². The molecule has 8 heteroatoms. The minimum atomic E-state index is 0. The average Bonchev–Trinajstić information content (AvgIpc) is 3.48. The lowest BCUT2D eigenvalue weighted by Crippen LogP contribution is -2.47. The number of likely N-dealkylation sites (tertiary alicyclic amines) is 2. The van der Waals surface area contributed by atoms with Gasteiger partial charge >= 0.3 is 0 Å². The summed E-state index contributed by atoms with van der Waals surface area (Å²) < 4.78 is 5.54. The Morgan fingerprint density at radius 1 is 1.19 bits per heavy atom. The molecule has 0 saturated carbocycles. The van der Waals surface area contributed by atoms with Crippen LogP contribution in [0.15, 0.2) is 22.5 Å². The number of thiophene rings is 1. The van der Waals surface area contributed by atoms with E-state index in [-0.39, 0.29) is 24.0 Å². The predicted octanol–water partition coefficient (Wildman–Crippen LogP) is 3.51. The van der Waals surface area contributed by atoms with E-state index in [2.05, 4.69) is 51.4 Å². The first-order valence-electron chi connectivity index (χ1n) is 11.9. The number of piperidine rings is 1. The molecule has 3 aliphatic heterocycles. The van der Waals surface area contributed by atoms with Crippen molar-refractivity contribution in [2.24, 2.45) is 10.9 Å².